The fourth-order valence-electron chi connectivity index (χ4n) is 5.48. The number of aromatic nitrogens is 1. The number of thiazole rings is 1. The third kappa shape index (κ3) is 6.95. The van der Waals surface area contributed by atoms with Crippen LogP contribution in [0.1, 0.15) is 31.2 Å². The number of allylic oxidation sites excluding steroid dienone is 2. The highest BCUT2D eigenvalue weighted by molar-refractivity contribution is 8.03. The Balaban J connectivity index is 1.44. The number of ether oxygens (including phenoxy) is 1. The molecule has 5 aromatic rings. The molecule has 9 nitrogen and oxygen atoms in total. The minimum atomic E-state index is -4.36. The number of thioether (sulfide) groups is 1. The third-order valence-electron chi connectivity index (χ3n) is 7.50. The molecule has 0 unspecified atom stereocenters. The third-order valence-corrected chi connectivity index (χ3v) is 13.1. The van der Waals surface area contributed by atoms with E-state index < -0.39 is 31.7 Å². The maximum absolute atomic E-state index is 11.4. The molecular weight excluding hydrogens is 693 g/mol. The number of rotatable bonds is 12. The molecule has 3 aromatic heterocycles. The lowest BCUT2D eigenvalue weighted by atomic mass is 10.1. The number of fused-ring (bicyclic) bond motifs is 6. The van der Waals surface area contributed by atoms with Crippen LogP contribution in [0.2, 0.25) is 0 Å². The number of aryl methyl sites for hydroxylation is 1. The van der Waals surface area contributed by atoms with E-state index in [9.17, 15) is 25.9 Å². The van der Waals surface area contributed by atoms with Gasteiger partial charge in [-0.2, -0.15) is 4.57 Å². The van der Waals surface area contributed by atoms with E-state index in [1.807, 2.05) is 22.9 Å². The standard InChI is InChI=1S/C30H30N2O7S6/c1-3-19(16-25-31(10-4-14-44(33,34)35)27-23(42-25)7-6-20-8-12-40-29(20)27)17-26-32(11-5-15-45(36,37)38)28-24(43-26)18-22(39-2)21-9-13-41-30(21)28/h6-9,12-13,16-18H,3-5,10-11,14-15H2,1-2H3,(H-,33,34,35,36,37,38)/p-1. The zero-order chi connectivity index (χ0) is 31.9. The average Bonchev–Trinajstić information content (AvgIpc) is 3.76. The van der Waals surface area contributed by atoms with E-state index in [0.717, 1.165) is 62.3 Å². The molecule has 0 fully saturated rings. The highest BCUT2D eigenvalue weighted by Crippen LogP contribution is 2.51. The van der Waals surface area contributed by atoms with Gasteiger partial charge in [0.25, 0.3) is 5.01 Å². The molecule has 45 heavy (non-hydrogen) atoms. The number of nitrogens with zero attached hydrogens (tertiary/aromatic N) is 2. The van der Waals surface area contributed by atoms with Crippen LogP contribution < -0.4 is 14.2 Å². The number of hydrogen-bond donors (Lipinski definition) is 0. The Labute approximate surface area is 277 Å². The van der Waals surface area contributed by atoms with Gasteiger partial charge in [-0.15, -0.1) is 22.7 Å². The minimum absolute atomic E-state index is 0.184. The highest BCUT2D eigenvalue weighted by Gasteiger charge is 2.29. The van der Waals surface area contributed by atoms with Crippen molar-refractivity contribution in [3.63, 3.8) is 0 Å². The Hall–Kier alpha value is -2.50. The number of thiophene rings is 2. The molecule has 1 aliphatic rings. The Morgan fingerprint density at radius 2 is 1.73 bits per heavy atom. The molecule has 0 N–H and O–H groups in total. The van der Waals surface area contributed by atoms with E-state index >= 15 is 0 Å². The first-order valence-electron chi connectivity index (χ1n) is 14.1. The summed E-state index contributed by atoms with van der Waals surface area (Å²) in [5.74, 6) is -0.122. The van der Waals surface area contributed by atoms with Crippen molar-refractivity contribution in [3.05, 3.63) is 62.8 Å². The monoisotopic (exact) mass is 721 g/mol. The van der Waals surface area contributed by atoms with Gasteiger partial charge in [-0.05, 0) is 58.8 Å². The van der Waals surface area contributed by atoms with Crippen LogP contribution in [0, 0.1) is 0 Å². The first-order chi connectivity index (χ1) is 21.5. The highest BCUT2D eigenvalue weighted by atomic mass is 32.2. The molecule has 0 radical (unpaired) electrons. The van der Waals surface area contributed by atoms with Crippen LogP contribution in [0.4, 0.5) is 5.69 Å². The first kappa shape index (κ1) is 32.4. The van der Waals surface area contributed by atoms with Gasteiger partial charge in [0.2, 0.25) is 5.52 Å². The maximum atomic E-state index is 11.4. The van der Waals surface area contributed by atoms with Crippen molar-refractivity contribution in [3.8, 4) is 5.75 Å². The van der Waals surface area contributed by atoms with E-state index in [1.54, 1.807) is 52.9 Å². The van der Waals surface area contributed by atoms with Crippen LogP contribution in [-0.4, -0.2) is 51.1 Å². The van der Waals surface area contributed by atoms with Gasteiger partial charge in [0.05, 0.1) is 42.8 Å². The molecule has 4 heterocycles. The summed E-state index contributed by atoms with van der Waals surface area (Å²) in [7, 11) is -7.06. The Morgan fingerprint density at radius 1 is 1.00 bits per heavy atom. The lowest BCUT2D eigenvalue weighted by Gasteiger charge is -2.22. The zero-order valence-electron chi connectivity index (χ0n) is 24.3. The fraction of sp³-hybridized carbons (Fsp3) is 0.300. The smallest absolute Gasteiger partial charge is 0.263 e. The molecule has 1 aliphatic heterocycles. The molecular formula is C30H29N2O7S6-. The van der Waals surface area contributed by atoms with Crippen molar-refractivity contribution in [2.24, 2.45) is 0 Å². The summed E-state index contributed by atoms with van der Waals surface area (Å²) < 4.78 is 79.5. The van der Waals surface area contributed by atoms with Crippen LogP contribution >= 0.6 is 45.8 Å². The van der Waals surface area contributed by atoms with Gasteiger partial charge in [-0.25, -0.2) is 16.8 Å². The van der Waals surface area contributed by atoms with Crippen LogP contribution in [0.15, 0.2) is 62.7 Å². The molecule has 6 rings (SSSR count). The predicted octanol–water partition coefficient (Wildman–Crippen LogP) is 6.74. The molecule has 2 aromatic carbocycles. The van der Waals surface area contributed by atoms with E-state index in [-0.39, 0.29) is 12.8 Å². The maximum Gasteiger partial charge on any atom is 0.263 e. The molecule has 0 amide bonds. The van der Waals surface area contributed by atoms with Crippen molar-refractivity contribution >= 4 is 108 Å². The summed E-state index contributed by atoms with van der Waals surface area (Å²) in [4.78, 5) is 3.19. The normalized spacial score (nSPS) is 15.2. The largest absolute Gasteiger partial charge is 0.748 e. The van der Waals surface area contributed by atoms with Crippen LogP contribution in [-0.2, 0) is 26.8 Å². The first-order valence-corrected chi connectivity index (χ1v) is 20.7. The molecule has 0 atom stereocenters. The van der Waals surface area contributed by atoms with E-state index in [0.29, 0.717) is 19.5 Å². The second-order valence-electron chi connectivity index (χ2n) is 10.5. The van der Waals surface area contributed by atoms with Gasteiger partial charge in [0.1, 0.15) is 15.1 Å². The van der Waals surface area contributed by atoms with Gasteiger partial charge in [-0.1, -0.05) is 36.1 Å². The Kier molecular flexibility index (Phi) is 9.34. The van der Waals surface area contributed by atoms with E-state index in [4.69, 9.17) is 4.74 Å². The Bertz CT molecular complexity index is 2190. The van der Waals surface area contributed by atoms with Gasteiger partial charge in [0, 0.05) is 46.9 Å². The molecule has 0 saturated carbocycles. The Morgan fingerprint density at radius 3 is 2.47 bits per heavy atom. The summed E-state index contributed by atoms with van der Waals surface area (Å²) in [6, 6.07) is 10.2. The second kappa shape index (κ2) is 13.0. The topological polar surface area (TPSA) is 131 Å². The van der Waals surface area contributed by atoms with E-state index in [1.165, 1.54) is 0 Å². The fourth-order valence-corrected chi connectivity index (χ4v) is 10.9. The van der Waals surface area contributed by atoms with Gasteiger partial charge in [-0.3, -0.25) is 0 Å². The number of anilines is 1. The molecule has 0 aliphatic carbocycles. The summed E-state index contributed by atoms with van der Waals surface area (Å²) >= 11 is 6.41. The van der Waals surface area contributed by atoms with Crippen LogP contribution in [0.3, 0.4) is 0 Å². The van der Waals surface area contributed by atoms with Crippen molar-refractivity contribution in [1.29, 1.82) is 0 Å². The van der Waals surface area contributed by atoms with Crippen molar-refractivity contribution in [2.75, 3.05) is 30.1 Å². The summed E-state index contributed by atoms with van der Waals surface area (Å²) in [5, 5.41) is 7.97. The molecule has 0 saturated heterocycles. The molecule has 15 heteroatoms. The van der Waals surface area contributed by atoms with Crippen LogP contribution in [0.25, 0.3) is 36.5 Å². The van der Waals surface area contributed by atoms with Gasteiger partial charge in [0.15, 0.2) is 6.54 Å². The molecule has 0 spiro atoms. The molecule has 238 valence electrons. The summed E-state index contributed by atoms with van der Waals surface area (Å²) in [6.45, 7) is 2.79. The lowest BCUT2D eigenvalue weighted by Crippen LogP contribution is -2.36. The minimum Gasteiger partial charge on any atom is -0.748 e. The predicted molar refractivity (Wildman–Crippen MR) is 184 cm³/mol. The number of benzene rings is 2. The molecule has 0 bridgehead atoms. The van der Waals surface area contributed by atoms with Crippen molar-refractivity contribution < 1.29 is 35.2 Å². The number of hydrogen-bond acceptors (Lipinski definition) is 12. The SMILES string of the molecule is CCC(=Cc1sc2cc(OC)c3ccsc3c2[n+]1CCCS(=O)(=O)[O-])C=C1Sc2ccc3ccsc3c2N1CCCS(=O)(=O)[O-]. The number of methoxy groups -OCH3 is 1. The van der Waals surface area contributed by atoms with E-state index in [2.05, 4.69) is 46.7 Å². The van der Waals surface area contributed by atoms with Crippen molar-refractivity contribution in [1.82, 2.24) is 0 Å². The summed E-state index contributed by atoms with van der Waals surface area (Å²) in [6.07, 6.45) is 5.28. The summed E-state index contributed by atoms with van der Waals surface area (Å²) in [5.41, 5.74) is 3.02. The quantitative estimate of drug-likeness (QED) is 0.102. The van der Waals surface area contributed by atoms with Crippen LogP contribution in [0.5, 0.6) is 5.75 Å². The zero-order valence-corrected chi connectivity index (χ0v) is 29.2. The average molecular weight is 722 g/mol. The second-order valence-corrected chi connectivity index (χ2v) is 17.5. The lowest BCUT2D eigenvalue weighted by molar-refractivity contribution is -0.667. The van der Waals surface area contributed by atoms with Gasteiger partial charge >= 0.3 is 0 Å². The van der Waals surface area contributed by atoms with Crippen molar-refractivity contribution in [2.45, 2.75) is 37.6 Å². The van der Waals surface area contributed by atoms with Gasteiger partial charge < -0.3 is 18.7 Å².